The predicted octanol–water partition coefficient (Wildman–Crippen LogP) is -1.26. The standard InChI is InChI=1S/C8H8O3.Na.H/c1-6-2-4-7(5-3-6)8(9)11-10;;/h2-5,10H,1H3;;/q;+1;-1. The Hall–Kier alpha value is -0.350. The molecule has 1 aromatic carbocycles. The van der Waals surface area contributed by atoms with E-state index >= 15 is 0 Å². The quantitative estimate of drug-likeness (QED) is 0.330. The zero-order valence-corrected chi connectivity index (χ0v) is 9.07. The summed E-state index contributed by atoms with van der Waals surface area (Å²) in [5.74, 6) is -0.731. The van der Waals surface area contributed by atoms with Gasteiger partial charge in [0.25, 0.3) is 0 Å². The molecule has 0 spiro atoms. The Labute approximate surface area is 94.1 Å². The van der Waals surface area contributed by atoms with Crippen molar-refractivity contribution in [3.63, 3.8) is 0 Å². The van der Waals surface area contributed by atoms with E-state index in [4.69, 9.17) is 5.26 Å². The minimum Gasteiger partial charge on any atom is -1.00 e. The van der Waals surface area contributed by atoms with E-state index in [9.17, 15) is 4.79 Å². The fourth-order valence-electron chi connectivity index (χ4n) is 0.742. The fraction of sp³-hybridized carbons (Fsp3) is 0.125. The van der Waals surface area contributed by atoms with Crippen LogP contribution < -0.4 is 29.6 Å². The molecule has 0 aromatic heterocycles. The largest absolute Gasteiger partial charge is 1.00 e. The third-order valence-corrected chi connectivity index (χ3v) is 1.37. The summed E-state index contributed by atoms with van der Waals surface area (Å²) in [5, 5.41) is 8.01. The summed E-state index contributed by atoms with van der Waals surface area (Å²) in [4.78, 5) is 14.2. The molecule has 1 aromatic rings. The molecule has 1 rings (SSSR count). The van der Waals surface area contributed by atoms with Crippen molar-refractivity contribution in [1.82, 2.24) is 0 Å². The zero-order chi connectivity index (χ0) is 8.27. The molecule has 1 N–H and O–H groups in total. The topological polar surface area (TPSA) is 46.5 Å². The van der Waals surface area contributed by atoms with Crippen molar-refractivity contribution in [3.8, 4) is 0 Å². The number of carbonyl (C=O) groups is 1. The smallest absolute Gasteiger partial charge is 1.00 e. The van der Waals surface area contributed by atoms with E-state index in [1.807, 2.05) is 6.92 Å². The molecule has 0 aliphatic rings. The van der Waals surface area contributed by atoms with E-state index in [0.29, 0.717) is 5.56 Å². The summed E-state index contributed by atoms with van der Waals surface area (Å²) in [6, 6.07) is 6.72. The van der Waals surface area contributed by atoms with Crippen molar-refractivity contribution in [2.45, 2.75) is 6.92 Å². The maximum Gasteiger partial charge on any atom is 1.00 e. The second-order valence-corrected chi connectivity index (χ2v) is 2.24. The molecule has 0 saturated carbocycles. The third-order valence-electron chi connectivity index (χ3n) is 1.37. The first-order valence-electron chi connectivity index (χ1n) is 3.16. The van der Waals surface area contributed by atoms with Crippen molar-refractivity contribution in [3.05, 3.63) is 35.4 Å². The Bertz CT molecular complexity index is 261. The molecule has 0 saturated heterocycles. The van der Waals surface area contributed by atoms with Crippen molar-refractivity contribution in [2.75, 3.05) is 0 Å². The van der Waals surface area contributed by atoms with Crippen molar-refractivity contribution in [1.29, 1.82) is 0 Å². The molecule has 0 amide bonds. The Kier molecular flexibility index (Phi) is 5.17. The van der Waals surface area contributed by atoms with Gasteiger partial charge >= 0.3 is 35.5 Å². The van der Waals surface area contributed by atoms with Crippen LogP contribution in [-0.2, 0) is 4.89 Å². The summed E-state index contributed by atoms with van der Waals surface area (Å²) in [7, 11) is 0. The van der Waals surface area contributed by atoms with E-state index in [1.165, 1.54) is 0 Å². The molecule has 0 unspecified atom stereocenters. The SMILES string of the molecule is Cc1ccc(C(=O)OO)cc1.[H-].[Na+]. The van der Waals surface area contributed by atoms with Crippen LogP contribution in [-0.4, -0.2) is 11.2 Å². The molecule has 0 bridgehead atoms. The van der Waals surface area contributed by atoms with Gasteiger partial charge in [0.05, 0.1) is 5.56 Å². The van der Waals surface area contributed by atoms with Gasteiger partial charge in [-0.15, -0.1) is 0 Å². The van der Waals surface area contributed by atoms with Crippen LogP contribution in [0.25, 0.3) is 0 Å². The minimum atomic E-state index is -0.731. The van der Waals surface area contributed by atoms with Gasteiger partial charge in [-0.2, -0.15) is 5.26 Å². The molecule has 0 heterocycles. The first-order chi connectivity index (χ1) is 5.24. The van der Waals surface area contributed by atoms with Crippen LogP contribution in [0.4, 0.5) is 0 Å². The first-order valence-corrected chi connectivity index (χ1v) is 3.16. The van der Waals surface area contributed by atoms with Gasteiger partial charge in [-0.25, -0.2) is 4.79 Å². The molecule has 0 atom stereocenters. The molecule has 4 heteroatoms. The molecule has 0 aliphatic heterocycles. The molecule has 12 heavy (non-hydrogen) atoms. The van der Waals surface area contributed by atoms with Gasteiger partial charge in [-0.3, -0.25) is 4.89 Å². The monoisotopic (exact) mass is 176 g/mol. The minimum absolute atomic E-state index is 0. The summed E-state index contributed by atoms with van der Waals surface area (Å²) >= 11 is 0. The average Bonchev–Trinajstić information content (AvgIpc) is 2.05. The number of carbonyl (C=O) groups excluding carboxylic acids is 1. The average molecular weight is 176 g/mol. The Balaban J connectivity index is 0. The summed E-state index contributed by atoms with van der Waals surface area (Å²) in [6.45, 7) is 1.91. The van der Waals surface area contributed by atoms with Crippen LogP contribution in [0.2, 0.25) is 0 Å². The molecule has 0 radical (unpaired) electrons. The van der Waals surface area contributed by atoms with Gasteiger partial charge < -0.3 is 1.43 Å². The summed E-state index contributed by atoms with van der Waals surface area (Å²) in [5.41, 5.74) is 1.40. The van der Waals surface area contributed by atoms with Crippen molar-refractivity contribution >= 4 is 5.97 Å². The van der Waals surface area contributed by atoms with Crippen molar-refractivity contribution in [2.24, 2.45) is 0 Å². The van der Waals surface area contributed by atoms with E-state index in [2.05, 4.69) is 4.89 Å². The number of hydrogen-bond acceptors (Lipinski definition) is 3. The number of benzene rings is 1. The Morgan fingerprint density at radius 2 is 1.92 bits per heavy atom. The summed E-state index contributed by atoms with van der Waals surface area (Å²) < 4.78 is 0. The van der Waals surface area contributed by atoms with Crippen LogP contribution in [0.3, 0.4) is 0 Å². The number of rotatable bonds is 1. The van der Waals surface area contributed by atoms with E-state index in [-0.39, 0.29) is 31.0 Å². The van der Waals surface area contributed by atoms with Gasteiger partial charge in [0, 0.05) is 0 Å². The number of aryl methyl sites for hydroxylation is 1. The fourth-order valence-corrected chi connectivity index (χ4v) is 0.742. The van der Waals surface area contributed by atoms with Crippen LogP contribution in [0.1, 0.15) is 17.3 Å². The Morgan fingerprint density at radius 3 is 2.33 bits per heavy atom. The van der Waals surface area contributed by atoms with Gasteiger partial charge in [0.1, 0.15) is 0 Å². The van der Waals surface area contributed by atoms with Gasteiger partial charge in [0.2, 0.25) is 0 Å². The van der Waals surface area contributed by atoms with Crippen LogP contribution >= 0.6 is 0 Å². The van der Waals surface area contributed by atoms with E-state index in [1.54, 1.807) is 24.3 Å². The normalized spacial score (nSPS) is 8.50. The zero-order valence-electron chi connectivity index (χ0n) is 8.07. The molecule has 0 fully saturated rings. The van der Waals surface area contributed by atoms with Gasteiger partial charge in [-0.1, -0.05) is 17.7 Å². The van der Waals surface area contributed by atoms with Crippen molar-refractivity contribution < 1.29 is 45.9 Å². The molecule has 0 aliphatic carbocycles. The summed E-state index contributed by atoms with van der Waals surface area (Å²) in [6.07, 6.45) is 0. The molecular weight excluding hydrogens is 167 g/mol. The maximum atomic E-state index is 10.7. The van der Waals surface area contributed by atoms with Crippen LogP contribution in [0.15, 0.2) is 24.3 Å². The Morgan fingerprint density at radius 1 is 1.42 bits per heavy atom. The second kappa shape index (κ2) is 5.32. The number of hydrogen-bond donors (Lipinski definition) is 1. The van der Waals surface area contributed by atoms with Gasteiger partial charge in [0.15, 0.2) is 0 Å². The molecule has 3 nitrogen and oxygen atoms in total. The van der Waals surface area contributed by atoms with E-state index < -0.39 is 5.97 Å². The molecular formula is C8H9NaO3. The predicted molar refractivity (Wildman–Crippen MR) is 40.3 cm³/mol. The second-order valence-electron chi connectivity index (χ2n) is 2.24. The first kappa shape index (κ1) is 11.6. The van der Waals surface area contributed by atoms with Crippen LogP contribution in [0, 0.1) is 6.92 Å². The maximum absolute atomic E-state index is 10.7. The van der Waals surface area contributed by atoms with Crippen LogP contribution in [0.5, 0.6) is 0 Å². The van der Waals surface area contributed by atoms with Gasteiger partial charge in [-0.05, 0) is 19.1 Å². The third kappa shape index (κ3) is 2.95. The van der Waals surface area contributed by atoms with E-state index in [0.717, 1.165) is 5.56 Å². The molecule has 60 valence electrons.